The Morgan fingerprint density at radius 3 is 2.60 bits per heavy atom. The summed E-state index contributed by atoms with van der Waals surface area (Å²) in [6.07, 6.45) is 7.20. The van der Waals surface area contributed by atoms with Crippen molar-refractivity contribution in [3.05, 3.63) is 102 Å². The van der Waals surface area contributed by atoms with Crippen molar-refractivity contribution in [2.45, 2.75) is 19.5 Å². The van der Waals surface area contributed by atoms with Gasteiger partial charge in [0, 0.05) is 61.7 Å². The van der Waals surface area contributed by atoms with E-state index in [-0.39, 0.29) is 11.9 Å². The Labute approximate surface area is 204 Å². The lowest BCUT2D eigenvalue weighted by Gasteiger charge is -2.28. The molecule has 0 spiro atoms. The standard InChI is InChI=1S/C26H29N7O2/c1-17-24(25(27)34)22(29-15-18-5-4-6-21(13-18)33-12-11-28-16-33)14-23(30-17)31-20-9-7-19(8-10-20)26(35)32(2)3/h4-14,16-17,29-31H,15H2,1-3H3,(H2,27,34). The minimum Gasteiger partial charge on any atom is -0.380 e. The van der Waals surface area contributed by atoms with Crippen LogP contribution in [0.15, 0.2) is 90.4 Å². The van der Waals surface area contributed by atoms with Gasteiger partial charge in [-0.25, -0.2) is 4.98 Å². The molecule has 5 N–H and O–H groups in total. The van der Waals surface area contributed by atoms with E-state index < -0.39 is 5.91 Å². The molecule has 0 radical (unpaired) electrons. The lowest BCUT2D eigenvalue weighted by molar-refractivity contribution is -0.114. The Bertz CT molecular complexity index is 1280. The Morgan fingerprint density at radius 2 is 1.94 bits per heavy atom. The number of nitrogens with two attached hydrogens (primary N) is 1. The van der Waals surface area contributed by atoms with Crippen molar-refractivity contribution in [1.82, 2.24) is 25.1 Å². The molecule has 9 nitrogen and oxygen atoms in total. The highest BCUT2D eigenvalue weighted by Crippen LogP contribution is 2.20. The summed E-state index contributed by atoms with van der Waals surface area (Å²) < 4.78 is 1.93. The van der Waals surface area contributed by atoms with Crippen molar-refractivity contribution in [1.29, 1.82) is 0 Å². The van der Waals surface area contributed by atoms with E-state index in [1.165, 1.54) is 4.90 Å². The van der Waals surface area contributed by atoms with E-state index in [0.29, 0.717) is 29.2 Å². The normalized spacial score (nSPS) is 15.2. The van der Waals surface area contributed by atoms with Gasteiger partial charge in [-0.1, -0.05) is 12.1 Å². The predicted molar refractivity (Wildman–Crippen MR) is 135 cm³/mol. The first-order chi connectivity index (χ1) is 16.8. The van der Waals surface area contributed by atoms with Crippen molar-refractivity contribution in [2.24, 2.45) is 5.73 Å². The van der Waals surface area contributed by atoms with Crippen LogP contribution in [-0.2, 0) is 11.3 Å². The number of hydrogen-bond donors (Lipinski definition) is 4. The van der Waals surface area contributed by atoms with Crippen LogP contribution in [0, 0.1) is 0 Å². The van der Waals surface area contributed by atoms with Gasteiger partial charge in [0.05, 0.1) is 17.9 Å². The Hall–Kier alpha value is -4.53. The van der Waals surface area contributed by atoms with E-state index in [0.717, 1.165) is 16.9 Å². The molecule has 1 atom stereocenters. The second-order valence-corrected chi connectivity index (χ2v) is 8.51. The fraction of sp³-hybridized carbons (Fsp3) is 0.192. The van der Waals surface area contributed by atoms with Crippen molar-refractivity contribution >= 4 is 17.5 Å². The number of rotatable bonds is 8. The van der Waals surface area contributed by atoms with Gasteiger partial charge in [0.25, 0.3) is 5.91 Å². The molecule has 35 heavy (non-hydrogen) atoms. The van der Waals surface area contributed by atoms with Gasteiger partial charge in [-0.15, -0.1) is 0 Å². The Kier molecular flexibility index (Phi) is 6.86. The van der Waals surface area contributed by atoms with Crippen LogP contribution in [0.5, 0.6) is 0 Å². The zero-order valence-corrected chi connectivity index (χ0v) is 19.9. The van der Waals surface area contributed by atoms with Crippen molar-refractivity contribution in [2.75, 3.05) is 19.4 Å². The molecule has 2 amide bonds. The average Bonchev–Trinajstić information content (AvgIpc) is 3.37. The zero-order chi connectivity index (χ0) is 24.9. The third-order valence-electron chi connectivity index (χ3n) is 5.66. The highest BCUT2D eigenvalue weighted by Gasteiger charge is 2.24. The maximum Gasteiger partial charge on any atom is 0.253 e. The number of benzene rings is 2. The van der Waals surface area contributed by atoms with E-state index in [1.54, 1.807) is 38.8 Å². The van der Waals surface area contributed by atoms with Gasteiger partial charge in [-0.05, 0) is 48.9 Å². The number of imidazole rings is 1. The summed E-state index contributed by atoms with van der Waals surface area (Å²) >= 11 is 0. The summed E-state index contributed by atoms with van der Waals surface area (Å²) in [6, 6.07) is 15.0. The number of aromatic nitrogens is 2. The first-order valence-corrected chi connectivity index (χ1v) is 11.2. The fourth-order valence-corrected chi connectivity index (χ4v) is 3.91. The Balaban J connectivity index is 1.52. The number of anilines is 1. The van der Waals surface area contributed by atoms with Crippen LogP contribution in [0.1, 0.15) is 22.8 Å². The van der Waals surface area contributed by atoms with Gasteiger partial charge < -0.3 is 31.2 Å². The van der Waals surface area contributed by atoms with Crippen LogP contribution in [0.4, 0.5) is 5.69 Å². The molecule has 0 aliphatic carbocycles. The summed E-state index contributed by atoms with van der Waals surface area (Å²) in [5.74, 6) is 0.170. The third kappa shape index (κ3) is 5.52. The first-order valence-electron chi connectivity index (χ1n) is 11.2. The van der Waals surface area contributed by atoms with Crippen LogP contribution >= 0.6 is 0 Å². The smallest absolute Gasteiger partial charge is 0.253 e. The molecule has 0 saturated carbocycles. The summed E-state index contributed by atoms with van der Waals surface area (Å²) in [5.41, 5.74) is 10.3. The van der Waals surface area contributed by atoms with Crippen molar-refractivity contribution < 1.29 is 9.59 Å². The number of nitrogens with one attached hydrogen (secondary N) is 3. The number of amides is 2. The quantitative estimate of drug-likeness (QED) is 0.401. The Morgan fingerprint density at radius 1 is 1.17 bits per heavy atom. The molecular weight excluding hydrogens is 442 g/mol. The fourth-order valence-electron chi connectivity index (χ4n) is 3.91. The maximum atomic E-state index is 12.2. The summed E-state index contributed by atoms with van der Waals surface area (Å²) in [7, 11) is 3.44. The first kappa shape index (κ1) is 23.6. The minimum absolute atomic E-state index is 0.0576. The van der Waals surface area contributed by atoms with E-state index >= 15 is 0 Å². The monoisotopic (exact) mass is 471 g/mol. The number of allylic oxidation sites excluding steroid dienone is 1. The largest absolute Gasteiger partial charge is 0.380 e. The van der Waals surface area contributed by atoms with Gasteiger partial charge in [0.2, 0.25) is 5.91 Å². The number of carbonyl (C=O) groups excluding carboxylic acids is 2. The van der Waals surface area contributed by atoms with Crippen LogP contribution in [0.2, 0.25) is 0 Å². The third-order valence-corrected chi connectivity index (χ3v) is 5.66. The predicted octanol–water partition coefficient (Wildman–Crippen LogP) is 2.35. The second kappa shape index (κ2) is 10.2. The average molecular weight is 472 g/mol. The van der Waals surface area contributed by atoms with Crippen LogP contribution in [0.25, 0.3) is 5.69 Å². The highest BCUT2D eigenvalue weighted by molar-refractivity contribution is 5.95. The van der Waals surface area contributed by atoms with E-state index in [4.69, 9.17) is 5.73 Å². The molecule has 3 aromatic rings. The van der Waals surface area contributed by atoms with E-state index in [9.17, 15) is 9.59 Å². The molecule has 1 aromatic heterocycles. The molecule has 0 bridgehead atoms. The van der Waals surface area contributed by atoms with Gasteiger partial charge in [-0.2, -0.15) is 0 Å². The summed E-state index contributed by atoms with van der Waals surface area (Å²) in [4.78, 5) is 30.0. The topological polar surface area (TPSA) is 117 Å². The molecule has 0 fully saturated rings. The molecule has 2 heterocycles. The maximum absolute atomic E-state index is 12.2. The molecule has 1 aliphatic rings. The molecule has 2 aromatic carbocycles. The number of dihydropyridines is 1. The van der Waals surface area contributed by atoms with Gasteiger partial charge in [0.15, 0.2) is 0 Å². The van der Waals surface area contributed by atoms with E-state index in [1.807, 2.05) is 54.1 Å². The summed E-state index contributed by atoms with van der Waals surface area (Å²) in [5, 5.41) is 9.96. The number of carbonyl (C=O) groups is 2. The highest BCUT2D eigenvalue weighted by atomic mass is 16.2. The van der Waals surface area contributed by atoms with Gasteiger partial charge >= 0.3 is 0 Å². The lowest BCUT2D eigenvalue weighted by Crippen LogP contribution is -2.41. The summed E-state index contributed by atoms with van der Waals surface area (Å²) in [6.45, 7) is 2.39. The molecule has 9 heteroatoms. The molecule has 4 rings (SSSR count). The second-order valence-electron chi connectivity index (χ2n) is 8.51. The SMILES string of the molecule is CC1NC(Nc2ccc(C(=O)N(C)C)cc2)=CC(NCc2cccc(-n3ccnc3)c2)=C1C(N)=O. The lowest BCUT2D eigenvalue weighted by atomic mass is 10.0. The van der Waals surface area contributed by atoms with Gasteiger partial charge in [-0.3, -0.25) is 9.59 Å². The van der Waals surface area contributed by atoms with Crippen molar-refractivity contribution in [3.63, 3.8) is 0 Å². The van der Waals surface area contributed by atoms with Crippen LogP contribution < -0.4 is 21.7 Å². The zero-order valence-electron chi connectivity index (χ0n) is 19.9. The molecular formula is C26H29N7O2. The number of hydrogen-bond acceptors (Lipinski definition) is 6. The van der Waals surface area contributed by atoms with Gasteiger partial charge in [0.1, 0.15) is 5.82 Å². The van der Waals surface area contributed by atoms with Crippen LogP contribution in [-0.4, -0.2) is 46.4 Å². The van der Waals surface area contributed by atoms with E-state index in [2.05, 4.69) is 27.0 Å². The van der Waals surface area contributed by atoms with Crippen molar-refractivity contribution in [3.8, 4) is 5.69 Å². The molecule has 1 aliphatic heterocycles. The molecule has 0 saturated heterocycles. The number of nitrogens with zero attached hydrogens (tertiary/aromatic N) is 3. The molecule has 180 valence electrons. The minimum atomic E-state index is -0.485. The van der Waals surface area contributed by atoms with Crippen LogP contribution in [0.3, 0.4) is 0 Å². The number of primary amides is 1. The molecule has 1 unspecified atom stereocenters.